The number of nitrogens with zero attached hydrogens (tertiary/aromatic N) is 4. The van der Waals surface area contributed by atoms with Gasteiger partial charge < -0.3 is 28.9 Å². The third kappa shape index (κ3) is 4.53. The summed E-state index contributed by atoms with van der Waals surface area (Å²) in [6.45, 7) is 8.60. The van der Waals surface area contributed by atoms with Crippen LogP contribution in [0.15, 0.2) is 29.1 Å². The first-order chi connectivity index (χ1) is 20.4. The number of aryl methyl sites for hydroxylation is 1. The third-order valence-electron chi connectivity index (χ3n) is 10.00. The first kappa shape index (κ1) is 27.6. The van der Waals surface area contributed by atoms with Crippen molar-refractivity contribution in [1.29, 1.82) is 0 Å². The number of hydrogen-bond acceptors (Lipinski definition) is 7. The molecule has 2 saturated heterocycles. The number of rotatable bonds is 4. The second kappa shape index (κ2) is 10.8. The summed E-state index contributed by atoms with van der Waals surface area (Å²) in [6.07, 6.45) is 6.79. The molecule has 4 aliphatic rings. The van der Waals surface area contributed by atoms with Gasteiger partial charge >= 0.3 is 6.09 Å². The van der Waals surface area contributed by atoms with E-state index in [1.807, 2.05) is 36.1 Å². The van der Waals surface area contributed by atoms with Crippen LogP contribution in [0.4, 0.5) is 4.79 Å². The number of likely N-dealkylation sites (tertiary alicyclic amines) is 2. The Morgan fingerprint density at radius 2 is 1.88 bits per heavy atom. The summed E-state index contributed by atoms with van der Waals surface area (Å²) in [5, 5.41) is 12.2. The van der Waals surface area contributed by atoms with Crippen molar-refractivity contribution in [2.75, 3.05) is 32.8 Å². The molecule has 4 aliphatic heterocycles. The molecule has 9 heteroatoms. The zero-order valence-corrected chi connectivity index (χ0v) is 24.7. The van der Waals surface area contributed by atoms with Crippen LogP contribution in [0.5, 0.6) is 5.75 Å². The Morgan fingerprint density at radius 1 is 1.10 bits per heavy atom. The SMILES string of the molecule is CCc1c2c(nc3ccc(OC(=O)N4CCC(N5CCCCC5)CC4)cc13)-c1cc3c(c(=O)n1C2)COC[C@]3(O)CC. The fourth-order valence-corrected chi connectivity index (χ4v) is 7.51. The van der Waals surface area contributed by atoms with Crippen molar-refractivity contribution in [3.8, 4) is 17.1 Å². The first-order valence-corrected chi connectivity index (χ1v) is 15.6. The van der Waals surface area contributed by atoms with E-state index in [0.717, 1.165) is 65.8 Å². The van der Waals surface area contributed by atoms with Crippen LogP contribution in [0.1, 0.15) is 74.6 Å². The number of carbonyl (C=O) groups excluding carboxylic acids is 1. The Kier molecular flexibility index (Phi) is 7.07. The number of benzene rings is 1. The number of pyridine rings is 2. The van der Waals surface area contributed by atoms with Crippen LogP contribution in [-0.4, -0.2) is 69.4 Å². The zero-order chi connectivity index (χ0) is 29.0. The van der Waals surface area contributed by atoms with Gasteiger partial charge in [0.25, 0.3) is 5.56 Å². The molecule has 2 fully saturated rings. The minimum Gasteiger partial charge on any atom is -0.410 e. The third-order valence-corrected chi connectivity index (χ3v) is 10.00. The molecule has 1 aromatic carbocycles. The van der Waals surface area contributed by atoms with Gasteiger partial charge in [0.05, 0.1) is 36.7 Å². The monoisotopic (exact) mass is 572 g/mol. The van der Waals surface area contributed by atoms with E-state index in [1.54, 1.807) is 4.57 Å². The van der Waals surface area contributed by atoms with Crippen molar-refractivity contribution < 1.29 is 19.4 Å². The molecule has 0 saturated carbocycles. The molecule has 1 amide bonds. The lowest BCUT2D eigenvalue weighted by Crippen LogP contribution is -2.48. The number of carbonyl (C=O) groups is 1. The van der Waals surface area contributed by atoms with Crippen LogP contribution >= 0.6 is 0 Å². The van der Waals surface area contributed by atoms with Crippen LogP contribution in [0.3, 0.4) is 0 Å². The van der Waals surface area contributed by atoms with Gasteiger partial charge in [-0.3, -0.25) is 4.79 Å². The number of fused-ring (bicyclic) bond motifs is 5. The van der Waals surface area contributed by atoms with E-state index >= 15 is 0 Å². The maximum absolute atomic E-state index is 13.6. The molecule has 1 N–H and O–H groups in total. The molecule has 9 nitrogen and oxygen atoms in total. The maximum Gasteiger partial charge on any atom is 0.415 e. The van der Waals surface area contributed by atoms with Crippen molar-refractivity contribution >= 4 is 17.0 Å². The molecule has 42 heavy (non-hydrogen) atoms. The number of hydrogen-bond donors (Lipinski definition) is 1. The van der Waals surface area contributed by atoms with E-state index in [9.17, 15) is 14.7 Å². The van der Waals surface area contributed by atoms with E-state index in [0.29, 0.717) is 35.9 Å². The molecule has 1 atom stereocenters. The van der Waals surface area contributed by atoms with Gasteiger partial charge in [-0.2, -0.15) is 0 Å². The zero-order valence-electron chi connectivity index (χ0n) is 24.7. The Morgan fingerprint density at radius 3 is 2.62 bits per heavy atom. The molecule has 0 aliphatic carbocycles. The number of aromatic nitrogens is 2. The van der Waals surface area contributed by atoms with Crippen molar-refractivity contribution in [3.63, 3.8) is 0 Å². The topological polar surface area (TPSA) is 97.1 Å². The quantitative estimate of drug-likeness (QED) is 0.383. The van der Waals surface area contributed by atoms with Gasteiger partial charge in [-0.1, -0.05) is 20.3 Å². The first-order valence-electron chi connectivity index (χ1n) is 15.6. The van der Waals surface area contributed by atoms with Gasteiger partial charge in [-0.05, 0) is 87.0 Å². The van der Waals surface area contributed by atoms with Crippen LogP contribution < -0.4 is 10.3 Å². The number of amides is 1. The Balaban J connectivity index is 1.15. The van der Waals surface area contributed by atoms with Gasteiger partial charge in [0.2, 0.25) is 0 Å². The molecule has 6 heterocycles. The molecular formula is C33H40N4O5. The highest BCUT2D eigenvalue weighted by atomic mass is 16.6. The van der Waals surface area contributed by atoms with Crippen LogP contribution in [-0.2, 0) is 29.9 Å². The molecule has 3 aromatic rings. The summed E-state index contributed by atoms with van der Waals surface area (Å²) in [6, 6.07) is 8.13. The van der Waals surface area contributed by atoms with Crippen molar-refractivity contribution in [2.45, 2.75) is 83.6 Å². The van der Waals surface area contributed by atoms with Crippen LogP contribution in [0.2, 0.25) is 0 Å². The molecule has 0 radical (unpaired) electrons. The molecule has 0 bridgehead atoms. The largest absolute Gasteiger partial charge is 0.415 e. The maximum atomic E-state index is 13.6. The highest BCUT2D eigenvalue weighted by Crippen LogP contribution is 2.40. The smallest absolute Gasteiger partial charge is 0.410 e. The van der Waals surface area contributed by atoms with Gasteiger partial charge in [0, 0.05) is 35.6 Å². The van der Waals surface area contributed by atoms with Crippen LogP contribution in [0, 0.1) is 0 Å². The van der Waals surface area contributed by atoms with E-state index in [4.69, 9.17) is 14.5 Å². The molecule has 0 unspecified atom stereocenters. The van der Waals surface area contributed by atoms with Crippen molar-refractivity contribution in [1.82, 2.24) is 19.4 Å². The average Bonchev–Trinajstić information content (AvgIpc) is 3.39. The Bertz CT molecular complexity index is 1600. The van der Waals surface area contributed by atoms with Crippen molar-refractivity contribution in [3.05, 3.63) is 56.9 Å². The number of ether oxygens (including phenoxy) is 2. The molecular weight excluding hydrogens is 532 g/mol. The van der Waals surface area contributed by atoms with Crippen molar-refractivity contribution in [2.24, 2.45) is 0 Å². The summed E-state index contributed by atoms with van der Waals surface area (Å²) in [7, 11) is 0. The standard InChI is InChI=1S/C33H40N4O5/c1-3-23-24-16-22(42-32(39)36-14-10-21(11-15-36)35-12-6-5-7-13-35)8-9-28(24)34-30-25(23)18-37-29(30)17-27-26(31(37)38)19-41-20-33(27,40)4-2/h8-9,16-17,21,40H,3-7,10-15,18-20H2,1-2H3/t33-/m1/s1. The predicted molar refractivity (Wildman–Crippen MR) is 160 cm³/mol. The summed E-state index contributed by atoms with van der Waals surface area (Å²) < 4.78 is 13.3. The minimum atomic E-state index is -1.18. The Hall–Kier alpha value is -3.27. The van der Waals surface area contributed by atoms with E-state index in [1.165, 1.54) is 32.4 Å². The number of aliphatic hydroxyl groups is 1. The molecule has 0 spiro atoms. The molecule has 7 rings (SSSR count). The summed E-state index contributed by atoms with van der Waals surface area (Å²) in [4.78, 5) is 36.1. The van der Waals surface area contributed by atoms with E-state index < -0.39 is 5.60 Å². The van der Waals surface area contributed by atoms with E-state index in [-0.39, 0.29) is 24.9 Å². The highest BCUT2D eigenvalue weighted by Gasteiger charge is 2.38. The van der Waals surface area contributed by atoms with Gasteiger partial charge in [-0.25, -0.2) is 9.78 Å². The lowest BCUT2D eigenvalue weighted by atomic mass is 9.86. The minimum absolute atomic E-state index is 0.128. The predicted octanol–water partition coefficient (Wildman–Crippen LogP) is 4.56. The number of piperidine rings is 2. The lowest BCUT2D eigenvalue weighted by Gasteiger charge is -2.39. The summed E-state index contributed by atoms with van der Waals surface area (Å²) in [5.74, 6) is 0.510. The van der Waals surface area contributed by atoms with Gasteiger partial charge in [-0.15, -0.1) is 0 Å². The van der Waals surface area contributed by atoms with E-state index in [2.05, 4.69) is 11.8 Å². The lowest BCUT2D eigenvalue weighted by molar-refractivity contribution is -0.0757. The summed E-state index contributed by atoms with van der Waals surface area (Å²) >= 11 is 0. The van der Waals surface area contributed by atoms with Gasteiger partial charge in [0.15, 0.2) is 0 Å². The highest BCUT2D eigenvalue weighted by molar-refractivity contribution is 5.89. The second-order valence-corrected chi connectivity index (χ2v) is 12.3. The second-order valence-electron chi connectivity index (χ2n) is 12.3. The fourth-order valence-electron chi connectivity index (χ4n) is 7.51. The fraction of sp³-hybridized carbons (Fsp3) is 0.545. The van der Waals surface area contributed by atoms with Gasteiger partial charge in [0.1, 0.15) is 11.4 Å². The molecule has 222 valence electrons. The molecule has 2 aromatic heterocycles. The Labute approximate surface area is 246 Å². The summed E-state index contributed by atoms with van der Waals surface area (Å²) in [5.41, 5.74) is 4.29. The average molecular weight is 573 g/mol. The van der Waals surface area contributed by atoms with Crippen LogP contribution in [0.25, 0.3) is 22.3 Å². The normalized spacial score (nSPS) is 22.6.